The number of nitriles is 1. The lowest BCUT2D eigenvalue weighted by molar-refractivity contribution is 0.356. The third-order valence-electron chi connectivity index (χ3n) is 4.38. The molecule has 0 aliphatic carbocycles. The van der Waals surface area contributed by atoms with Gasteiger partial charge in [0.2, 0.25) is 0 Å². The van der Waals surface area contributed by atoms with Gasteiger partial charge in [0.1, 0.15) is 17.6 Å². The third kappa shape index (κ3) is 3.27. The third-order valence-corrected chi connectivity index (χ3v) is 4.38. The predicted molar refractivity (Wildman–Crippen MR) is 92.6 cm³/mol. The second-order valence-electron chi connectivity index (χ2n) is 6.39. The van der Waals surface area contributed by atoms with Gasteiger partial charge in [-0.2, -0.15) is 5.26 Å². The molecule has 2 aromatic rings. The molecule has 24 heavy (non-hydrogen) atoms. The lowest BCUT2D eigenvalue weighted by Crippen LogP contribution is -2.13. The smallest absolute Gasteiger partial charge is 0.123 e. The Morgan fingerprint density at radius 3 is 2.67 bits per heavy atom. The van der Waals surface area contributed by atoms with Crippen molar-refractivity contribution in [3.8, 4) is 22.9 Å². The van der Waals surface area contributed by atoms with E-state index in [2.05, 4.69) is 11.0 Å². The van der Waals surface area contributed by atoms with Crippen molar-refractivity contribution in [2.24, 2.45) is 0 Å². The first-order chi connectivity index (χ1) is 11.6. The molecule has 0 unspecified atom stereocenters. The van der Waals surface area contributed by atoms with Crippen LogP contribution in [0.5, 0.6) is 5.75 Å². The maximum absolute atomic E-state index is 13.3. The lowest BCUT2D eigenvalue weighted by Gasteiger charge is -2.15. The summed E-state index contributed by atoms with van der Waals surface area (Å²) in [7, 11) is 4.09. The van der Waals surface area contributed by atoms with Gasteiger partial charge in [0, 0.05) is 17.5 Å². The molecule has 124 valence electrons. The number of hydrogen-bond acceptors (Lipinski definition) is 3. The largest absolute Gasteiger partial charge is 0.493 e. The average Bonchev–Trinajstić information content (AvgIpc) is 3.02. The Kier molecular flexibility index (Phi) is 4.82. The van der Waals surface area contributed by atoms with Crippen molar-refractivity contribution >= 4 is 0 Å². The number of rotatable bonds is 5. The highest BCUT2D eigenvalue weighted by Crippen LogP contribution is 2.39. The highest BCUT2D eigenvalue weighted by atomic mass is 19.1. The minimum atomic E-state index is -0.271. The maximum atomic E-state index is 13.3. The van der Waals surface area contributed by atoms with Crippen LogP contribution in [0, 0.1) is 17.1 Å². The summed E-state index contributed by atoms with van der Waals surface area (Å²) in [5.74, 6) is 0.598. The molecule has 1 aliphatic rings. The van der Waals surface area contributed by atoms with Gasteiger partial charge in [0.25, 0.3) is 0 Å². The molecule has 2 aromatic carbocycles. The van der Waals surface area contributed by atoms with Crippen LogP contribution in [-0.4, -0.2) is 32.1 Å². The van der Waals surface area contributed by atoms with Crippen LogP contribution in [0.25, 0.3) is 11.1 Å². The number of halogens is 1. The molecule has 0 atom stereocenters. The second kappa shape index (κ2) is 7.02. The minimum absolute atomic E-state index is 0.271. The standard InChI is InChI=1S/C20H21FN2O/c1-23(2)10-3-4-15-12-19-17(9-11-24-19)20(18(15)13-22)14-5-7-16(21)8-6-14/h5-8,12H,3-4,9-11H2,1-2H3. The molecule has 3 nitrogen and oxygen atoms in total. The van der Waals surface area contributed by atoms with Crippen LogP contribution in [0.1, 0.15) is 23.1 Å². The van der Waals surface area contributed by atoms with Crippen molar-refractivity contribution in [1.82, 2.24) is 4.90 Å². The van der Waals surface area contributed by atoms with Gasteiger partial charge in [-0.25, -0.2) is 4.39 Å². The molecule has 0 aromatic heterocycles. The summed E-state index contributed by atoms with van der Waals surface area (Å²) in [5.41, 5.74) is 4.56. The highest BCUT2D eigenvalue weighted by molar-refractivity contribution is 5.78. The van der Waals surface area contributed by atoms with Crippen LogP contribution in [-0.2, 0) is 12.8 Å². The fraction of sp³-hybridized carbons (Fsp3) is 0.350. The first-order valence-corrected chi connectivity index (χ1v) is 8.22. The van der Waals surface area contributed by atoms with Crippen LogP contribution in [0.4, 0.5) is 4.39 Å². The van der Waals surface area contributed by atoms with Crippen LogP contribution >= 0.6 is 0 Å². The zero-order chi connectivity index (χ0) is 17.1. The van der Waals surface area contributed by atoms with E-state index < -0.39 is 0 Å². The summed E-state index contributed by atoms with van der Waals surface area (Å²) >= 11 is 0. The SMILES string of the molecule is CN(C)CCCc1cc2c(c(-c3ccc(F)cc3)c1C#N)CCO2. The monoisotopic (exact) mass is 324 g/mol. The van der Waals surface area contributed by atoms with E-state index in [0.717, 1.165) is 53.8 Å². The number of aryl methyl sites for hydroxylation is 1. The van der Waals surface area contributed by atoms with E-state index in [0.29, 0.717) is 12.2 Å². The molecule has 0 N–H and O–H groups in total. The van der Waals surface area contributed by atoms with Crippen LogP contribution < -0.4 is 4.74 Å². The number of hydrogen-bond donors (Lipinski definition) is 0. The zero-order valence-electron chi connectivity index (χ0n) is 14.1. The highest BCUT2D eigenvalue weighted by Gasteiger charge is 2.23. The second-order valence-corrected chi connectivity index (χ2v) is 6.39. The minimum Gasteiger partial charge on any atom is -0.493 e. The van der Waals surface area contributed by atoms with E-state index in [1.54, 1.807) is 12.1 Å². The molecule has 4 heteroatoms. The van der Waals surface area contributed by atoms with Gasteiger partial charge < -0.3 is 9.64 Å². The molecule has 0 amide bonds. The number of fused-ring (bicyclic) bond motifs is 1. The number of benzene rings is 2. The molecule has 0 fully saturated rings. The van der Waals surface area contributed by atoms with Crippen molar-refractivity contribution in [3.63, 3.8) is 0 Å². The van der Waals surface area contributed by atoms with E-state index >= 15 is 0 Å². The summed E-state index contributed by atoms with van der Waals surface area (Å²) in [4.78, 5) is 2.14. The molecular formula is C20H21FN2O. The van der Waals surface area contributed by atoms with Gasteiger partial charge >= 0.3 is 0 Å². The van der Waals surface area contributed by atoms with Crippen LogP contribution in [0.2, 0.25) is 0 Å². The van der Waals surface area contributed by atoms with Gasteiger partial charge in [0.05, 0.1) is 12.2 Å². The van der Waals surface area contributed by atoms with E-state index in [4.69, 9.17) is 4.74 Å². The quantitative estimate of drug-likeness (QED) is 0.839. The van der Waals surface area contributed by atoms with E-state index in [9.17, 15) is 9.65 Å². The van der Waals surface area contributed by atoms with Gasteiger partial charge in [-0.15, -0.1) is 0 Å². The topological polar surface area (TPSA) is 36.3 Å². The van der Waals surface area contributed by atoms with Crippen molar-refractivity contribution in [3.05, 3.63) is 52.8 Å². The predicted octanol–water partition coefficient (Wildman–Crippen LogP) is 3.79. The Morgan fingerprint density at radius 2 is 2.00 bits per heavy atom. The normalized spacial score (nSPS) is 12.8. The molecule has 0 bridgehead atoms. The Bertz CT molecular complexity index is 776. The van der Waals surface area contributed by atoms with Gasteiger partial charge in [0.15, 0.2) is 0 Å². The van der Waals surface area contributed by atoms with Gasteiger partial charge in [-0.3, -0.25) is 0 Å². The average molecular weight is 324 g/mol. The molecule has 0 spiro atoms. The Labute approximate surface area is 142 Å². The van der Waals surface area contributed by atoms with Crippen LogP contribution in [0.15, 0.2) is 30.3 Å². The van der Waals surface area contributed by atoms with E-state index in [-0.39, 0.29) is 5.82 Å². The van der Waals surface area contributed by atoms with Crippen molar-refractivity contribution in [2.75, 3.05) is 27.2 Å². The summed E-state index contributed by atoms with van der Waals surface area (Å²) in [6.45, 7) is 1.60. The van der Waals surface area contributed by atoms with Crippen molar-refractivity contribution in [1.29, 1.82) is 5.26 Å². The first kappa shape index (κ1) is 16.5. The summed E-state index contributed by atoms with van der Waals surface area (Å²) in [6.07, 6.45) is 2.59. The fourth-order valence-electron chi connectivity index (χ4n) is 3.24. The van der Waals surface area contributed by atoms with E-state index in [1.807, 2.05) is 20.2 Å². The van der Waals surface area contributed by atoms with Crippen LogP contribution in [0.3, 0.4) is 0 Å². The Balaban J connectivity index is 2.07. The fourth-order valence-corrected chi connectivity index (χ4v) is 3.24. The molecule has 3 rings (SSSR count). The number of nitrogens with zero attached hydrogens (tertiary/aromatic N) is 2. The summed E-state index contributed by atoms with van der Waals surface area (Å²) in [5, 5.41) is 9.78. The molecule has 1 aliphatic heterocycles. The van der Waals surface area contributed by atoms with Gasteiger partial charge in [-0.1, -0.05) is 12.1 Å². The Morgan fingerprint density at radius 1 is 1.25 bits per heavy atom. The Hall–Kier alpha value is -2.38. The summed E-state index contributed by atoms with van der Waals surface area (Å²) < 4.78 is 19.0. The summed E-state index contributed by atoms with van der Waals surface area (Å²) in [6, 6.07) is 10.8. The van der Waals surface area contributed by atoms with Gasteiger partial charge in [-0.05, 0) is 62.8 Å². The first-order valence-electron chi connectivity index (χ1n) is 8.22. The molecule has 0 saturated carbocycles. The molecule has 1 heterocycles. The lowest BCUT2D eigenvalue weighted by atomic mass is 9.88. The zero-order valence-corrected chi connectivity index (χ0v) is 14.1. The van der Waals surface area contributed by atoms with Crippen molar-refractivity contribution in [2.45, 2.75) is 19.3 Å². The maximum Gasteiger partial charge on any atom is 0.123 e. The van der Waals surface area contributed by atoms with E-state index in [1.165, 1.54) is 12.1 Å². The van der Waals surface area contributed by atoms with Crippen molar-refractivity contribution < 1.29 is 9.13 Å². The molecule has 0 radical (unpaired) electrons. The molecule has 0 saturated heterocycles. The molecular weight excluding hydrogens is 303 g/mol. The number of ether oxygens (including phenoxy) is 1.